The number of hydrogen-bond donors (Lipinski definition) is 1. The number of nitrogens with one attached hydrogen (secondary N) is 1. The molecule has 4 rings (SSSR count). The Morgan fingerprint density at radius 3 is 2.62 bits per heavy atom. The smallest absolute Gasteiger partial charge is 0.229 e. The first kappa shape index (κ1) is 24.3. The number of aromatic nitrogens is 3. The van der Waals surface area contributed by atoms with E-state index in [1.807, 2.05) is 54.9 Å². The van der Waals surface area contributed by atoms with Gasteiger partial charge in [-0.15, -0.1) is 4.83 Å². The summed E-state index contributed by atoms with van der Waals surface area (Å²) >= 11 is -2.85. The Morgan fingerprint density at radius 1 is 1.12 bits per heavy atom. The molecule has 0 saturated carbocycles. The Balaban J connectivity index is 1.66. The number of imidazole rings is 1. The summed E-state index contributed by atoms with van der Waals surface area (Å²) in [6, 6.07) is 14.8. The summed E-state index contributed by atoms with van der Waals surface area (Å²) in [5, 5.41) is 2.11. The van der Waals surface area contributed by atoms with Gasteiger partial charge in [-0.1, -0.05) is 44.0 Å². The van der Waals surface area contributed by atoms with Crippen molar-refractivity contribution in [2.75, 3.05) is 10.2 Å². The average Bonchev–Trinajstić information content (AvgIpc) is 3.11. The molecule has 180 valence electrons. The Labute approximate surface area is 201 Å². The second-order valence-corrected chi connectivity index (χ2v) is 10.7. The first-order valence-electron chi connectivity index (χ1n) is 11.0. The first-order chi connectivity index (χ1) is 16.3. The zero-order valence-electron chi connectivity index (χ0n) is 19.0. The Bertz CT molecular complexity index is 1450. The quantitative estimate of drug-likeness (QED) is 0.202. The van der Waals surface area contributed by atoms with Gasteiger partial charge in [-0.05, 0) is 43.0 Å². The topological polar surface area (TPSA) is 120 Å². The fourth-order valence-corrected chi connectivity index (χ4v) is 5.72. The predicted octanol–water partition coefficient (Wildman–Crippen LogP) is 3.57. The number of pyridine rings is 1. The van der Waals surface area contributed by atoms with Crippen LogP contribution in [-0.4, -0.2) is 37.5 Å². The van der Waals surface area contributed by atoms with E-state index in [1.165, 1.54) is 6.07 Å². The van der Waals surface area contributed by atoms with Crippen molar-refractivity contribution >= 4 is 48.8 Å². The molecule has 0 fully saturated rings. The second-order valence-electron chi connectivity index (χ2n) is 8.07. The SMILES string of the molecule is CCCCCS(=O)(=O)NN(c1ccc2nc(C)n(Cc3cc4ccccc4cn3)c2c1)S(=O)[O-]. The second kappa shape index (κ2) is 10.2. The van der Waals surface area contributed by atoms with Gasteiger partial charge in [-0.25, -0.2) is 17.8 Å². The molecule has 0 spiro atoms. The van der Waals surface area contributed by atoms with Gasteiger partial charge in [0.15, 0.2) is 0 Å². The molecule has 1 atom stereocenters. The number of sulfonamides is 1. The minimum Gasteiger partial charge on any atom is -0.754 e. The number of hydrazine groups is 1. The molecule has 0 saturated heterocycles. The van der Waals surface area contributed by atoms with E-state index >= 15 is 0 Å². The van der Waals surface area contributed by atoms with Gasteiger partial charge in [-0.2, -0.15) is 0 Å². The summed E-state index contributed by atoms with van der Waals surface area (Å²) in [4.78, 5) is 11.3. The molecule has 1 N–H and O–H groups in total. The van der Waals surface area contributed by atoms with Gasteiger partial charge in [0.05, 0.1) is 46.0 Å². The lowest BCUT2D eigenvalue weighted by Crippen LogP contribution is -2.44. The summed E-state index contributed by atoms with van der Waals surface area (Å²) in [6.45, 7) is 4.26. The van der Waals surface area contributed by atoms with Crippen LogP contribution in [0.1, 0.15) is 37.7 Å². The van der Waals surface area contributed by atoms with E-state index in [0.29, 0.717) is 28.4 Å². The number of benzene rings is 2. The van der Waals surface area contributed by atoms with Crippen molar-refractivity contribution in [1.29, 1.82) is 0 Å². The number of hydrogen-bond acceptors (Lipinski definition) is 6. The molecule has 4 aromatic rings. The number of unbranched alkanes of at least 4 members (excludes halogenated alkanes) is 2. The van der Waals surface area contributed by atoms with E-state index in [2.05, 4.69) is 14.8 Å². The summed E-state index contributed by atoms with van der Waals surface area (Å²) in [5.41, 5.74) is 2.34. The van der Waals surface area contributed by atoms with Crippen molar-refractivity contribution in [2.45, 2.75) is 39.7 Å². The van der Waals surface area contributed by atoms with Gasteiger partial charge in [0.1, 0.15) is 5.82 Å². The van der Waals surface area contributed by atoms with Crippen LogP contribution in [0.5, 0.6) is 0 Å². The summed E-state index contributed by atoms with van der Waals surface area (Å²) in [7, 11) is -3.82. The maximum atomic E-state index is 12.4. The standard InChI is InChI=1S/C23H27N5O4S2/c1-3-4-7-12-34(31,32)26-28(33(29)30)21-10-11-22-23(14-21)27(17(2)25-22)16-20-13-18-8-5-6-9-19(18)15-24-20/h5-6,8-11,13-15,26H,3-4,7,12,16H2,1-2H3,(H,29,30)/p-1. The Morgan fingerprint density at radius 2 is 1.88 bits per heavy atom. The lowest BCUT2D eigenvalue weighted by Gasteiger charge is -2.26. The van der Waals surface area contributed by atoms with E-state index < -0.39 is 21.3 Å². The molecule has 0 aliphatic carbocycles. The molecule has 0 aliphatic heterocycles. The highest BCUT2D eigenvalue weighted by atomic mass is 32.2. The van der Waals surface area contributed by atoms with Crippen LogP contribution in [0.2, 0.25) is 0 Å². The lowest BCUT2D eigenvalue weighted by molar-refractivity contribution is 0.525. The molecular formula is C23H26N5O4S2-. The van der Waals surface area contributed by atoms with Gasteiger partial charge >= 0.3 is 0 Å². The van der Waals surface area contributed by atoms with Gasteiger partial charge in [0.25, 0.3) is 0 Å². The van der Waals surface area contributed by atoms with Crippen LogP contribution in [0.3, 0.4) is 0 Å². The normalized spacial score (nSPS) is 12.9. The molecule has 0 radical (unpaired) electrons. The van der Waals surface area contributed by atoms with E-state index in [9.17, 15) is 17.2 Å². The van der Waals surface area contributed by atoms with Gasteiger partial charge in [-0.3, -0.25) is 9.19 Å². The van der Waals surface area contributed by atoms with E-state index in [4.69, 9.17) is 0 Å². The van der Waals surface area contributed by atoms with Crippen molar-refractivity contribution < 1.29 is 17.2 Å². The molecule has 34 heavy (non-hydrogen) atoms. The van der Waals surface area contributed by atoms with Crippen molar-refractivity contribution in [3.63, 3.8) is 0 Å². The molecule has 2 heterocycles. The fourth-order valence-electron chi connectivity index (χ4n) is 3.82. The maximum absolute atomic E-state index is 12.4. The number of aryl methyl sites for hydroxylation is 1. The number of anilines is 1. The van der Waals surface area contributed by atoms with Crippen LogP contribution in [-0.2, 0) is 27.8 Å². The number of nitrogens with zero attached hydrogens (tertiary/aromatic N) is 4. The molecular weight excluding hydrogens is 474 g/mol. The zero-order valence-corrected chi connectivity index (χ0v) is 20.6. The third-order valence-electron chi connectivity index (χ3n) is 5.55. The summed E-state index contributed by atoms with van der Waals surface area (Å²) in [6.07, 6.45) is 3.88. The Kier molecular flexibility index (Phi) is 7.27. The molecule has 2 aromatic carbocycles. The van der Waals surface area contributed by atoms with Crippen molar-refractivity contribution in [2.24, 2.45) is 0 Å². The van der Waals surface area contributed by atoms with E-state index in [0.717, 1.165) is 35.1 Å². The predicted molar refractivity (Wildman–Crippen MR) is 133 cm³/mol. The van der Waals surface area contributed by atoms with Crippen LogP contribution < -0.4 is 9.25 Å². The van der Waals surface area contributed by atoms with Crippen molar-refractivity contribution in [1.82, 2.24) is 19.4 Å². The first-order valence-corrected chi connectivity index (χ1v) is 13.7. The van der Waals surface area contributed by atoms with Gasteiger partial charge in [0, 0.05) is 11.6 Å². The third kappa shape index (κ3) is 5.44. The number of rotatable bonds is 10. The van der Waals surface area contributed by atoms with Gasteiger partial charge < -0.3 is 9.12 Å². The molecule has 9 nitrogen and oxygen atoms in total. The summed E-state index contributed by atoms with van der Waals surface area (Å²) in [5.74, 6) is 0.582. The largest absolute Gasteiger partial charge is 0.754 e. The highest BCUT2D eigenvalue weighted by Gasteiger charge is 2.19. The fraction of sp³-hybridized carbons (Fsp3) is 0.304. The highest BCUT2D eigenvalue weighted by Crippen LogP contribution is 2.25. The minimum atomic E-state index is -3.82. The van der Waals surface area contributed by atoms with Crippen LogP contribution in [0.4, 0.5) is 5.69 Å². The van der Waals surface area contributed by atoms with Crippen LogP contribution in [0, 0.1) is 6.92 Å². The van der Waals surface area contributed by atoms with Crippen LogP contribution >= 0.6 is 0 Å². The average molecular weight is 501 g/mol. The molecule has 0 amide bonds. The lowest BCUT2D eigenvalue weighted by atomic mass is 10.1. The highest BCUT2D eigenvalue weighted by molar-refractivity contribution is 7.90. The molecule has 0 bridgehead atoms. The van der Waals surface area contributed by atoms with Gasteiger partial charge in [0.2, 0.25) is 10.0 Å². The Hall–Kier alpha value is -2.86. The van der Waals surface area contributed by atoms with Crippen molar-refractivity contribution in [3.05, 3.63) is 66.2 Å². The van der Waals surface area contributed by atoms with E-state index in [1.54, 1.807) is 12.1 Å². The zero-order chi connectivity index (χ0) is 24.3. The molecule has 0 aliphatic rings. The maximum Gasteiger partial charge on any atom is 0.229 e. The molecule has 1 unspecified atom stereocenters. The van der Waals surface area contributed by atoms with Crippen molar-refractivity contribution in [3.8, 4) is 0 Å². The van der Waals surface area contributed by atoms with Crippen LogP contribution in [0.25, 0.3) is 21.8 Å². The third-order valence-corrected chi connectivity index (χ3v) is 7.56. The minimum absolute atomic E-state index is 0.151. The van der Waals surface area contributed by atoms with E-state index in [-0.39, 0.29) is 11.4 Å². The summed E-state index contributed by atoms with van der Waals surface area (Å²) < 4.78 is 51.2. The van der Waals surface area contributed by atoms with Crippen LogP contribution in [0.15, 0.2) is 54.7 Å². The number of fused-ring (bicyclic) bond motifs is 2. The monoisotopic (exact) mass is 500 g/mol. The molecule has 11 heteroatoms. The molecule has 2 aromatic heterocycles.